The summed E-state index contributed by atoms with van der Waals surface area (Å²) in [5.74, 6) is 0.623. The molecule has 1 saturated heterocycles. The highest BCUT2D eigenvalue weighted by Crippen LogP contribution is 2.36. The molecule has 0 saturated carbocycles. The molecule has 6 heteroatoms. The number of hydrogen-bond donors (Lipinski definition) is 1. The Bertz CT molecular complexity index is 482. The number of halogens is 2. The van der Waals surface area contributed by atoms with Crippen molar-refractivity contribution in [2.24, 2.45) is 10.7 Å². The van der Waals surface area contributed by atoms with E-state index < -0.39 is 0 Å². The van der Waals surface area contributed by atoms with Crippen molar-refractivity contribution >= 4 is 40.4 Å². The van der Waals surface area contributed by atoms with Crippen molar-refractivity contribution in [1.82, 2.24) is 4.90 Å². The maximum atomic E-state index is 6.36. The topological polar surface area (TPSA) is 44.9 Å². The summed E-state index contributed by atoms with van der Waals surface area (Å²) in [5.41, 5.74) is 7.49. The van der Waals surface area contributed by atoms with Crippen LogP contribution in [0.1, 0.15) is 6.92 Å². The summed E-state index contributed by atoms with van der Waals surface area (Å²) in [6.07, 6.45) is 0. The van der Waals surface area contributed by atoms with Crippen LogP contribution in [0.4, 0.5) is 11.4 Å². The van der Waals surface area contributed by atoms with E-state index in [0.29, 0.717) is 10.9 Å². The molecule has 0 atom stereocenters. The van der Waals surface area contributed by atoms with E-state index in [4.69, 9.17) is 28.9 Å². The number of nitrogens with zero attached hydrogens (tertiary/aromatic N) is 3. The van der Waals surface area contributed by atoms with E-state index in [-0.39, 0.29) is 5.88 Å². The number of piperazine rings is 1. The summed E-state index contributed by atoms with van der Waals surface area (Å²) in [6, 6.07) is 5.69. The number of hydrogen-bond acceptors (Lipinski definition) is 3. The zero-order valence-electron chi connectivity index (χ0n) is 11.6. The number of likely N-dealkylation sites (N-methyl/N-ethyl adjacent to an activating group) is 1. The van der Waals surface area contributed by atoms with Gasteiger partial charge in [0.15, 0.2) is 0 Å². The van der Waals surface area contributed by atoms with Crippen LogP contribution in [0.3, 0.4) is 0 Å². The third-order valence-corrected chi connectivity index (χ3v) is 4.08. The normalized spacial score (nSPS) is 17.6. The first kappa shape index (κ1) is 15.4. The molecule has 0 bridgehead atoms. The standard InChI is InChI=1S/C14H20Cl2N4/c1-2-19-6-8-20(9-7-19)14-11(16)4-3-5-12(14)18-13(17)10-15/h3-5H,2,6-10H2,1H3,(H2,17,18). The number of benzene rings is 1. The van der Waals surface area contributed by atoms with Gasteiger partial charge in [-0.25, -0.2) is 4.99 Å². The molecule has 2 N–H and O–H groups in total. The van der Waals surface area contributed by atoms with Crippen molar-refractivity contribution in [2.45, 2.75) is 6.92 Å². The van der Waals surface area contributed by atoms with E-state index in [9.17, 15) is 0 Å². The van der Waals surface area contributed by atoms with Gasteiger partial charge in [0.25, 0.3) is 0 Å². The van der Waals surface area contributed by atoms with Gasteiger partial charge < -0.3 is 15.5 Å². The molecule has 1 aliphatic heterocycles. The van der Waals surface area contributed by atoms with Gasteiger partial charge in [-0.05, 0) is 18.7 Å². The van der Waals surface area contributed by atoms with Gasteiger partial charge in [-0.15, -0.1) is 11.6 Å². The van der Waals surface area contributed by atoms with Crippen molar-refractivity contribution in [3.8, 4) is 0 Å². The monoisotopic (exact) mass is 314 g/mol. The van der Waals surface area contributed by atoms with Gasteiger partial charge in [0.2, 0.25) is 0 Å². The van der Waals surface area contributed by atoms with E-state index in [1.807, 2.05) is 18.2 Å². The highest BCUT2D eigenvalue weighted by atomic mass is 35.5. The van der Waals surface area contributed by atoms with Gasteiger partial charge in [0.1, 0.15) is 5.84 Å². The Balaban J connectivity index is 2.27. The second-order valence-electron chi connectivity index (χ2n) is 4.77. The summed E-state index contributed by atoms with van der Waals surface area (Å²) < 4.78 is 0. The highest BCUT2D eigenvalue weighted by Gasteiger charge is 2.20. The van der Waals surface area contributed by atoms with E-state index >= 15 is 0 Å². The molecular formula is C14H20Cl2N4. The number of rotatable bonds is 4. The fourth-order valence-corrected chi connectivity index (χ4v) is 2.73. The summed E-state index contributed by atoms with van der Waals surface area (Å²) in [5, 5.41) is 0.707. The molecule has 0 spiro atoms. The Kier molecular flexibility index (Phi) is 5.52. The summed E-state index contributed by atoms with van der Waals surface area (Å²) >= 11 is 12.1. The van der Waals surface area contributed by atoms with Crippen molar-refractivity contribution in [1.29, 1.82) is 0 Å². The average molecular weight is 315 g/mol. The number of anilines is 1. The molecule has 1 aliphatic rings. The molecule has 4 nitrogen and oxygen atoms in total. The van der Waals surface area contributed by atoms with Crippen molar-refractivity contribution < 1.29 is 0 Å². The quantitative estimate of drug-likeness (QED) is 0.528. The number of amidine groups is 1. The number of para-hydroxylation sites is 1. The van der Waals surface area contributed by atoms with Gasteiger partial charge in [-0.3, -0.25) is 0 Å². The van der Waals surface area contributed by atoms with Gasteiger partial charge in [0.05, 0.1) is 22.3 Å². The van der Waals surface area contributed by atoms with Crippen LogP contribution in [0.15, 0.2) is 23.2 Å². The molecule has 110 valence electrons. The molecule has 1 heterocycles. The van der Waals surface area contributed by atoms with Gasteiger partial charge >= 0.3 is 0 Å². The molecule has 0 radical (unpaired) electrons. The van der Waals surface area contributed by atoms with E-state index in [1.165, 1.54) is 0 Å². The SMILES string of the molecule is CCN1CCN(c2c(Cl)cccc2N=C(N)CCl)CC1. The van der Waals surface area contributed by atoms with Crippen LogP contribution in [0.2, 0.25) is 5.02 Å². The van der Waals surface area contributed by atoms with Gasteiger partial charge in [0, 0.05) is 26.2 Å². The third kappa shape index (κ3) is 3.57. The molecule has 0 aliphatic carbocycles. The highest BCUT2D eigenvalue weighted by molar-refractivity contribution is 6.34. The first-order valence-corrected chi connectivity index (χ1v) is 7.71. The zero-order chi connectivity index (χ0) is 14.5. The van der Waals surface area contributed by atoms with Crippen molar-refractivity contribution in [3.05, 3.63) is 23.2 Å². The van der Waals surface area contributed by atoms with E-state index in [2.05, 4.69) is 21.7 Å². The molecule has 1 aromatic carbocycles. The average Bonchev–Trinajstić information content (AvgIpc) is 2.47. The minimum atomic E-state index is 0.218. The second-order valence-corrected chi connectivity index (χ2v) is 5.44. The second kappa shape index (κ2) is 7.16. The first-order chi connectivity index (χ1) is 9.65. The largest absolute Gasteiger partial charge is 0.386 e. The lowest BCUT2D eigenvalue weighted by molar-refractivity contribution is 0.271. The van der Waals surface area contributed by atoms with E-state index in [0.717, 1.165) is 44.1 Å². The summed E-state index contributed by atoms with van der Waals surface area (Å²) in [4.78, 5) is 9.07. The van der Waals surface area contributed by atoms with Crippen LogP contribution < -0.4 is 10.6 Å². The fraction of sp³-hybridized carbons (Fsp3) is 0.500. The van der Waals surface area contributed by atoms with Gasteiger partial charge in [-0.2, -0.15) is 0 Å². The predicted molar refractivity (Wildman–Crippen MR) is 87.8 cm³/mol. The lowest BCUT2D eigenvalue weighted by atomic mass is 10.2. The zero-order valence-corrected chi connectivity index (χ0v) is 13.2. The van der Waals surface area contributed by atoms with Crippen LogP contribution in [-0.4, -0.2) is 49.3 Å². The molecule has 0 unspecified atom stereocenters. The van der Waals surface area contributed by atoms with Crippen LogP contribution in [0.25, 0.3) is 0 Å². The maximum Gasteiger partial charge on any atom is 0.115 e. The smallest absolute Gasteiger partial charge is 0.115 e. The lowest BCUT2D eigenvalue weighted by Gasteiger charge is -2.36. The third-order valence-electron chi connectivity index (χ3n) is 3.50. The molecule has 1 aromatic rings. The van der Waals surface area contributed by atoms with Crippen LogP contribution in [-0.2, 0) is 0 Å². The van der Waals surface area contributed by atoms with Gasteiger partial charge in [-0.1, -0.05) is 24.6 Å². The van der Waals surface area contributed by atoms with Crippen LogP contribution in [0, 0.1) is 0 Å². The number of aliphatic imine (C=N–C) groups is 1. The molecule has 20 heavy (non-hydrogen) atoms. The predicted octanol–water partition coefficient (Wildman–Crippen LogP) is 2.71. The Hall–Kier alpha value is -0.970. The molecule has 0 amide bonds. The Morgan fingerprint density at radius 1 is 1.30 bits per heavy atom. The maximum absolute atomic E-state index is 6.36. The minimum absolute atomic E-state index is 0.218. The van der Waals surface area contributed by atoms with Crippen molar-refractivity contribution in [2.75, 3.05) is 43.5 Å². The van der Waals surface area contributed by atoms with E-state index in [1.54, 1.807) is 0 Å². The number of nitrogens with two attached hydrogens (primary N) is 1. The first-order valence-electron chi connectivity index (χ1n) is 6.80. The Morgan fingerprint density at radius 3 is 2.60 bits per heavy atom. The molecule has 1 fully saturated rings. The van der Waals surface area contributed by atoms with Crippen molar-refractivity contribution in [3.63, 3.8) is 0 Å². The van der Waals surface area contributed by atoms with Crippen LogP contribution >= 0.6 is 23.2 Å². The Labute approximate surface area is 130 Å². The Morgan fingerprint density at radius 2 is 2.00 bits per heavy atom. The van der Waals surface area contributed by atoms with Crippen LogP contribution in [0.5, 0.6) is 0 Å². The number of alkyl halides is 1. The molecule has 2 rings (SSSR count). The summed E-state index contributed by atoms with van der Waals surface area (Å²) in [7, 11) is 0. The fourth-order valence-electron chi connectivity index (χ4n) is 2.38. The molecule has 0 aromatic heterocycles. The summed E-state index contributed by atoms with van der Waals surface area (Å²) in [6.45, 7) is 7.23. The lowest BCUT2D eigenvalue weighted by Crippen LogP contribution is -2.46. The molecular weight excluding hydrogens is 295 g/mol. The minimum Gasteiger partial charge on any atom is -0.386 e.